The maximum Gasteiger partial charge on any atom is 0.411 e. The summed E-state index contributed by atoms with van der Waals surface area (Å²) in [6.07, 6.45) is 4.94. The van der Waals surface area contributed by atoms with Crippen molar-refractivity contribution < 1.29 is 14.3 Å². The average Bonchev–Trinajstić information content (AvgIpc) is 3.23. The molecule has 3 heterocycles. The molecule has 0 spiro atoms. The number of benzene rings is 1. The van der Waals surface area contributed by atoms with Crippen LogP contribution in [0.25, 0.3) is 22.2 Å². The molecule has 0 radical (unpaired) electrons. The molecule has 8 nitrogen and oxygen atoms in total. The van der Waals surface area contributed by atoms with E-state index in [0.29, 0.717) is 11.3 Å². The van der Waals surface area contributed by atoms with E-state index < -0.39 is 12.0 Å². The van der Waals surface area contributed by atoms with Crippen molar-refractivity contribution in [2.75, 3.05) is 12.4 Å². The molecule has 0 aliphatic carbocycles. The summed E-state index contributed by atoms with van der Waals surface area (Å²) in [5.74, 6) is -0.726. The van der Waals surface area contributed by atoms with Crippen molar-refractivity contribution in [3.8, 4) is 11.1 Å². The third-order valence-corrected chi connectivity index (χ3v) is 6.02. The number of aromatic nitrogens is 3. The lowest BCUT2D eigenvalue weighted by molar-refractivity contribution is -0.117. The average molecular weight is 470 g/mol. The fraction of sp³-hybridized carbons (Fsp3) is 0.222. The fourth-order valence-corrected chi connectivity index (χ4v) is 4.29. The first-order chi connectivity index (χ1) is 16.8. The Bertz CT molecular complexity index is 1380. The molecule has 1 unspecified atom stereocenters. The van der Waals surface area contributed by atoms with Gasteiger partial charge in [-0.25, -0.2) is 4.79 Å². The quantitative estimate of drug-likeness (QED) is 0.343. The van der Waals surface area contributed by atoms with Crippen LogP contribution in [0.3, 0.4) is 0 Å². The van der Waals surface area contributed by atoms with Crippen molar-refractivity contribution in [1.29, 1.82) is 5.41 Å². The van der Waals surface area contributed by atoms with Crippen molar-refractivity contribution >= 4 is 34.3 Å². The Morgan fingerprint density at radius 1 is 1.09 bits per heavy atom. The lowest BCUT2D eigenvalue weighted by Crippen LogP contribution is -2.17. The van der Waals surface area contributed by atoms with Crippen LogP contribution >= 0.6 is 0 Å². The number of amides is 1. The molecule has 0 aliphatic rings. The van der Waals surface area contributed by atoms with E-state index in [1.54, 1.807) is 31.5 Å². The number of methoxy groups -OCH3 is 1. The Morgan fingerprint density at radius 2 is 1.83 bits per heavy atom. The van der Waals surface area contributed by atoms with Gasteiger partial charge >= 0.3 is 6.09 Å². The summed E-state index contributed by atoms with van der Waals surface area (Å²) in [5.41, 5.74) is 5.93. The van der Waals surface area contributed by atoms with Gasteiger partial charge in [0.1, 0.15) is 5.78 Å². The van der Waals surface area contributed by atoms with Crippen molar-refractivity contribution in [2.45, 2.75) is 32.7 Å². The molecular formula is C27H27N5O3. The number of nitrogens with zero attached hydrogens (tertiary/aromatic N) is 3. The van der Waals surface area contributed by atoms with Crippen LogP contribution in [0.4, 0.5) is 10.5 Å². The van der Waals surface area contributed by atoms with Crippen LogP contribution in [-0.2, 0) is 9.53 Å². The summed E-state index contributed by atoms with van der Waals surface area (Å²) in [5, 5.41) is 10.8. The van der Waals surface area contributed by atoms with E-state index in [-0.39, 0.29) is 17.5 Å². The standard InChI is InChI=1S/C27H27N5O3/c1-16(28)25(18(3)33)20-13-24-26(30-14-20)22(15-32(24)17(2)23-7-5-6-12-29-23)19-8-10-21(11-9-19)31-27(34)35-4/h5-15,17,25,28H,1-4H3,(H,31,34)/t17-,25?/m0/s1. The zero-order valence-electron chi connectivity index (χ0n) is 20.1. The smallest absolute Gasteiger partial charge is 0.411 e. The van der Waals surface area contributed by atoms with E-state index in [4.69, 9.17) is 10.4 Å². The van der Waals surface area contributed by atoms with Crippen molar-refractivity contribution in [3.63, 3.8) is 0 Å². The van der Waals surface area contributed by atoms with Gasteiger partial charge in [-0.2, -0.15) is 0 Å². The number of carbonyl (C=O) groups excluding carboxylic acids is 2. The van der Waals surface area contributed by atoms with Crippen LogP contribution in [0, 0.1) is 5.41 Å². The zero-order valence-corrected chi connectivity index (χ0v) is 20.1. The SMILES string of the molecule is COC(=O)Nc1ccc(-c2cn([C@@H](C)c3ccccn3)c3cc(C(C(C)=N)C(C)=O)cnc23)cc1. The van der Waals surface area contributed by atoms with E-state index in [9.17, 15) is 9.59 Å². The molecule has 3 aromatic heterocycles. The number of fused-ring (bicyclic) bond motifs is 1. The molecule has 4 aromatic rings. The van der Waals surface area contributed by atoms with Gasteiger partial charge in [0.05, 0.1) is 35.8 Å². The number of rotatable bonds is 7. The monoisotopic (exact) mass is 469 g/mol. The summed E-state index contributed by atoms with van der Waals surface area (Å²) in [4.78, 5) is 33.1. The molecular weight excluding hydrogens is 442 g/mol. The van der Waals surface area contributed by atoms with E-state index in [1.165, 1.54) is 14.0 Å². The molecule has 0 saturated carbocycles. The van der Waals surface area contributed by atoms with Crippen LogP contribution in [0.15, 0.2) is 67.1 Å². The summed E-state index contributed by atoms with van der Waals surface area (Å²) < 4.78 is 6.75. The van der Waals surface area contributed by atoms with Crippen LogP contribution in [0.2, 0.25) is 0 Å². The number of hydrogen-bond acceptors (Lipinski definition) is 6. The Balaban J connectivity index is 1.86. The van der Waals surface area contributed by atoms with Crippen molar-refractivity contribution in [1.82, 2.24) is 14.5 Å². The maximum atomic E-state index is 12.3. The lowest BCUT2D eigenvalue weighted by atomic mass is 9.92. The maximum absolute atomic E-state index is 12.3. The minimum Gasteiger partial charge on any atom is -0.453 e. The Kier molecular flexibility index (Phi) is 6.73. The number of pyridine rings is 2. The molecule has 0 aliphatic heterocycles. The topological polar surface area (TPSA) is 110 Å². The molecule has 1 aromatic carbocycles. The van der Waals surface area contributed by atoms with Gasteiger partial charge in [-0.3, -0.25) is 20.1 Å². The zero-order chi connectivity index (χ0) is 25.1. The molecule has 0 saturated heterocycles. The summed E-state index contributed by atoms with van der Waals surface area (Å²) in [6.45, 7) is 5.20. The first-order valence-electron chi connectivity index (χ1n) is 11.2. The predicted molar refractivity (Wildman–Crippen MR) is 136 cm³/mol. The van der Waals surface area contributed by atoms with Gasteiger partial charge in [-0.1, -0.05) is 18.2 Å². The minimum absolute atomic E-state index is 0.0940. The molecule has 2 atom stereocenters. The van der Waals surface area contributed by atoms with Gasteiger partial charge in [0.15, 0.2) is 0 Å². The van der Waals surface area contributed by atoms with E-state index >= 15 is 0 Å². The number of hydrogen-bond donors (Lipinski definition) is 2. The van der Waals surface area contributed by atoms with Crippen molar-refractivity contribution in [3.05, 3.63) is 78.4 Å². The lowest BCUT2D eigenvalue weighted by Gasteiger charge is -2.16. The molecule has 2 N–H and O–H groups in total. The summed E-state index contributed by atoms with van der Waals surface area (Å²) in [7, 11) is 1.32. The molecule has 4 rings (SSSR count). The van der Waals surface area contributed by atoms with Crippen LogP contribution < -0.4 is 5.32 Å². The first-order valence-corrected chi connectivity index (χ1v) is 11.2. The highest BCUT2D eigenvalue weighted by Gasteiger charge is 2.23. The van der Waals surface area contributed by atoms with Gasteiger partial charge in [-0.05, 0) is 62.2 Å². The molecule has 0 fully saturated rings. The Hall–Kier alpha value is -4.33. The van der Waals surface area contributed by atoms with Crippen LogP contribution in [0.5, 0.6) is 0 Å². The summed E-state index contributed by atoms with van der Waals surface area (Å²) in [6, 6.07) is 15.1. The van der Waals surface area contributed by atoms with Gasteiger partial charge in [0.2, 0.25) is 0 Å². The summed E-state index contributed by atoms with van der Waals surface area (Å²) >= 11 is 0. The third kappa shape index (κ3) is 4.82. The second kappa shape index (κ2) is 9.89. The second-order valence-electron chi connectivity index (χ2n) is 8.44. The normalized spacial score (nSPS) is 12.7. The van der Waals surface area contributed by atoms with Gasteiger partial charge in [0.25, 0.3) is 0 Å². The molecule has 1 amide bonds. The molecule has 8 heteroatoms. The minimum atomic E-state index is -0.632. The van der Waals surface area contributed by atoms with Crippen molar-refractivity contribution in [2.24, 2.45) is 0 Å². The van der Waals surface area contributed by atoms with Gasteiger partial charge in [0, 0.05) is 35.6 Å². The highest BCUT2D eigenvalue weighted by molar-refractivity contribution is 6.07. The second-order valence-corrected chi connectivity index (χ2v) is 8.44. The Morgan fingerprint density at radius 3 is 2.43 bits per heavy atom. The molecule has 35 heavy (non-hydrogen) atoms. The van der Waals surface area contributed by atoms with E-state index in [1.807, 2.05) is 42.6 Å². The Labute approximate surface area is 203 Å². The highest BCUT2D eigenvalue weighted by atomic mass is 16.5. The van der Waals surface area contributed by atoms with E-state index in [2.05, 4.69) is 26.5 Å². The van der Waals surface area contributed by atoms with E-state index in [0.717, 1.165) is 27.9 Å². The fourth-order valence-electron chi connectivity index (χ4n) is 4.29. The number of anilines is 1. The predicted octanol–water partition coefficient (Wildman–Crippen LogP) is 5.60. The number of Topliss-reactive ketones (excluding diaryl/α,β-unsaturated/α-hetero) is 1. The molecule has 178 valence electrons. The molecule has 0 bridgehead atoms. The third-order valence-electron chi connectivity index (χ3n) is 6.02. The van der Waals surface area contributed by atoms with Gasteiger partial charge in [-0.15, -0.1) is 0 Å². The largest absolute Gasteiger partial charge is 0.453 e. The number of carbonyl (C=O) groups is 2. The highest BCUT2D eigenvalue weighted by Crippen LogP contribution is 2.35. The number of ether oxygens (including phenoxy) is 1. The number of nitrogens with one attached hydrogen (secondary N) is 2. The van der Waals surface area contributed by atoms with Crippen LogP contribution in [-0.4, -0.2) is 39.2 Å². The first kappa shape index (κ1) is 23.8. The number of ketones is 1. The van der Waals surface area contributed by atoms with Crippen LogP contribution in [0.1, 0.15) is 44.0 Å². The van der Waals surface area contributed by atoms with Gasteiger partial charge < -0.3 is 14.7 Å².